The number of amides is 1. The molecule has 0 radical (unpaired) electrons. The molecule has 0 aliphatic carbocycles. The molecule has 1 fully saturated rings. The molecule has 0 spiro atoms. The number of anilines is 1. The quantitative estimate of drug-likeness (QED) is 0.215. The fourth-order valence-electron chi connectivity index (χ4n) is 3.91. The molecule has 4 rings (SSSR count). The number of rotatable bonds is 9. The lowest BCUT2D eigenvalue weighted by Crippen LogP contribution is -2.46. The van der Waals surface area contributed by atoms with E-state index in [9.17, 15) is 18.0 Å². The molecule has 0 bridgehead atoms. The number of halogens is 4. The summed E-state index contributed by atoms with van der Waals surface area (Å²) < 4.78 is 38.6. The summed E-state index contributed by atoms with van der Waals surface area (Å²) in [5.41, 5.74) is 0.799. The summed E-state index contributed by atoms with van der Waals surface area (Å²) >= 11 is 7.36. The third kappa shape index (κ3) is 8.47. The van der Waals surface area contributed by atoms with Gasteiger partial charge in [-0.2, -0.15) is 13.2 Å². The molecule has 1 amide bonds. The van der Waals surface area contributed by atoms with Gasteiger partial charge in [0.2, 0.25) is 5.91 Å². The third-order valence-electron chi connectivity index (χ3n) is 5.91. The van der Waals surface area contributed by atoms with Gasteiger partial charge in [-0.1, -0.05) is 78.0 Å². The molecule has 0 unspecified atom stereocenters. The minimum absolute atomic E-state index is 0.00419. The SMILES string of the molecule is O=C(CSc1nc(Cl)cc(N2CCN(CC=Cc3ccccc3)CC2)n1)NCc1cccc(C(F)(F)F)c1. The number of nitrogens with zero attached hydrogens (tertiary/aromatic N) is 4. The highest BCUT2D eigenvalue weighted by Gasteiger charge is 2.30. The molecule has 2 aromatic carbocycles. The van der Waals surface area contributed by atoms with Crippen molar-refractivity contribution < 1.29 is 18.0 Å². The molecule has 200 valence electrons. The highest BCUT2D eigenvalue weighted by molar-refractivity contribution is 7.99. The van der Waals surface area contributed by atoms with E-state index in [1.54, 1.807) is 6.07 Å². The molecule has 0 atom stereocenters. The summed E-state index contributed by atoms with van der Waals surface area (Å²) in [5.74, 6) is 0.381. The van der Waals surface area contributed by atoms with Gasteiger partial charge in [0.15, 0.2) is 5.16 Å². The van der Waals surface area contributed by atoms with Gasteiger partial charge < -0.3 is 10.2 Å². The number of carbonyl (C=O) groups is 1. The Balaban J connectivity index is 1.24. The van der Waals surface area contributed by atoms with Gasteiger partial charge in [0.1, 0.15) is 11.0 Å². The Labute approximate surface area is 228 Å². The number of alkyl halides is 3. The summed E-state index contributed by atoms with van der Waals surface area (Å²) in [6.07, 6.45) is -0.140. The number of hydrogen-bond acceptors (Lipinski definition) is 6. The van der Waals surface area contributed by atoms with Crippen molar-refractivity contribution in [1.82, 2.24) is 20.2 Å². The van der Waals surface area contributed by atoms with E-state index < -0.39 is 11.7 Å². The first-order chi connectivity index (χ1) is 18.3. The van der Waals surface area contributed by atoms with Crippen molar-refractivity contribution in [3.05, 3.63) is 88.6 Å². The average Bonchev–Trinajstić information content (AvgIpc) is 2.91. The highest BCUT2D eigenvalue weighted by Crippen LogP contribution is 2.29. The van der Waals surface area contributed by atoms with E-state index in [0.717, 1.165) is 56.6 Å². The average molecular weight is 562 g/mol. The fraction of sp³-hybridized carbons (Fsp3) is 0.296. The summed E-state index contributed by atoms with van der Waals surface area (Å²) in [6.45, 7) is 4.18. The second-order valence-electron chi connectivity index (χ2n) is 8.70. The van der Waals surface area contributed by atoms with Crippen molar-refractivity contribution >= 4 is 41.2 Å². The standard InChI is InChI=1S/C27H27ClF3N5OS/c28-23-17-24(36-14-12-35(13-15-36)11-5-9-20-6-2-1-3-7-20)34-26(33-23)38-19-25(37)32-18-21-8-4-10-22(16-21)27(29,30)31/h1-10,16-17H,11-15,18-19H2,(H,32,37). The second kappa shape index (κ2) is 13.1. The number of carbonyl (C=O) groups excluding carboxylic acids is 1. The Hall–Kier alpha value is -3.08. The molecular formula is C27H27ClF3N5OS. The van der Waals surface area contributed by atoms with Gasteiger partial charge in [0.25, 0.3) is 0 Å². The minimum Gasteiger partial charge on any atom is -0.354 e. The van der Waals surface area contributed by atoms with Crippen molar-refractivity contribution in [2.24, 2.45) is 0 Å². The van der Waals surface area contributed by atoms with Crippen molar-refractivity contribution in [2.45, 2.75) is 17.9 Å². The van der Waals surface area contributed by atoms with Crippen LogP contribution in [0.25, 0.3) is 6.08 Å². The van der Waals surface area contributed by atoms with Crippen molar-refractivity contribution in [3.63, 3.8) is 0 Å². The lowest BCUT2D eigenvalue weighted by atomic mass is 10.1. The van der Waals surface area contributed by atoms with Crippen molar-refractivity contribution in [1.29, 1.82) is 0 Å². The van der Waals surface area contributed by atoms with E-state index in [1.165, 1.54) is 17.7 Å². The topological polar surface area (TPSA) is 61.4 Å². The molecule has 2 heterocycles. The predicted octanol–water partition coefficient (Wildman–Crippen LogP) is 5.39. The van der Waals surface area contributed by atoms with Crippen molar-refractivity contribution in [3.8, 4) is 0 Å². The molecule has 6 nitrogen and oxygen atoms in total. The number of nitrogens with one attached hydrogen (secondary N) is 1. The first-order valence-electron chi connectivity index (χ1n) is 12.1. The van der Waals surface area contributed by atoms with E-state index in [-0.39, 0.29) is 23.4 Å². The predicted molar refractivity (Wildman–Crippen MR) is 145 cm³/mol. The Morgan fingerprint density at radius 3 is 2.53 bits per heavy atom. The Kier molecular flexibility index (Phi) is 9.65. The summed E-state index contributed by atoms with van der Waals surface area (Å²) in [7, 11) is 0. The van der Waals surface area contributed by atoms with Crippen LogP contribution < -0.4 is 10.2 Å². The molecular weight excluding hydrogens is 535 g/mol. The number of aromatic nitrogens is 2. The van der Waals surface area contributed by atoms with Crippen LogP contribution in [0, 0.1) is 0 Å². The molecule has 11 heteroatoms. The van der Waals surface area contributed by atoms with Crippen LogP contribution >= 0.6 is 23.4 Å². The maximum absolute atomic E-state index is 12.9. The van der Waals surface area contributed by atoms with Crippen LogP contribution in [0.2, 0.25) is 5.15 Å². The summed E-state index contributed by atoms with van der Waals surface area (Å²) in [4.78, 5) is 25.6. The van der Waals surface area contributed by atoms with Crippen LogP contribution in [0.1, 0.15) is 16.7 Å². The number of thioether (sulfide) groups is 1. The number of benzene rings is 2. The monoisotopic (exact) mass is 561 g/mol. The molecule has 1 aliphatic rings. The Morgan fingerprint density at radius 1 is 1.03 bits per heavy atom. The maximum atomic E-state index is 12.9. The lowest BCUT2D eigenvalue weighted by Gasteiger charge is -2.35. The van der Waals surface area contributed by atoms with E-state index in [1.807, 2.05) is 18.2 Å². The molecule has 0 saturated carbocycles. The first kappa shape index (κ1) is 27.9. The van der Waals surface area contributed by atoms with Crippen LogP contribution in [-0.4, -0.2) is 59.3 Å². The molecule has 1 aliphatic heterocycles. The molecule has 1 N–H and O–H groups in total. The van der Waals surface area contributed by atoms with Gasteiger partial charge in [0.05, 0.1) is 11.3 Å². The van der Waals surface area contributed by atoms with Gasteiger partial charge in [-0.25, -0.2) is 9.97 Å². The van der Waals surface area contributed by atoms with Crippen molar-refractivity contribution in [2.75, 3.05) is 43.4 Å². The van der Waals surface area contributed by atoms with Crippen LogP contribution in [0.3, 0.4) is 0 Å². The van der Waals surface area contributed by atoms with E-state index in [2.05, 4.69) is 49.4 Å². The Morgan fingerprint density at radius 2 is 1.79 bits per heavy atom. The third-order valence-corrected chi connectivity index (χ3v) is 6.95. The second-order valence-corrected chi connectivity index (χ2v) is 10.0. The zero-order valence-electron chi connectivity index (χ0n) is 20.5. The lowest BCUT2D eigenvalue weighted by molar-refractivity contribution is -0.137. The first-order valence-corrected chi connectivity index (χ1v) is 13.4. The van der Waals surface area contributed by atoms with Crippen LogP contribution in [0.4, 0.5) is 19.0 Å². The summed E-state index contributed by atoms with van der Waals surface area (Å²) in [6, 6.07) is 16.8. The molecule has 38 heavy (non-hydrogen) atoms. The zero-order valence-corrected chi connectivity index (χ0v) is 22.1. The van der Waals surface area contributed by atoms with Gasteiger partial charge in [-0.05, 0) is 23.3 Å². The van der Waals surface area contributed by atoms with E-state index in [0.29, 0.717) is 16.5 Å². The van der Waals surface area contributed by atoms with Gasteiger partial charge in [0, 0.05) is 45.3 Å². The molecule has 3 aromatic rings. The van der Waals surface area contributed by atoms with Gasteiger partial charge in [-0.3, -0.25) is 9.69 Å². The molecule has 1 saturated heterocycles. The van der Waals surface area contributed by atoms with Crippen LogP contribution in [0.5, 0.6) is 0 Å². The smallest absolute Gasteiger partial charge is 0.354 e. The molecule has 1 aromatic heterocycles. The summed E-state index contributed by atoms with van der Waals surface area (Å²) in [5, 5.41) is 3.29. The number of hydrogen-bond donors (Lipinski definition) is 1. The Bertz CT molecular complexity index is 1250. The maximum Gasteiger partial charge on any atom is 0.416 e. The van der Waals surface area contributed by atoms with E-state index >= 15 is 0 Å². The van der Waals surface area contributed by atoms with Crippen LogP contribution in [-0.2, 0) is 17.5 Å². The normalized spacial score (nSPS) is 14.7. The highest BCUT2D eigenvalue weighted by atomic mass is 35.5. The number of piperazine rings is 1. The van der Waals surface area contributed by atoms with E-state index in [4.69, 9.17) is 11.6 Å². The van der Waals surface area contributed by atoms with Crippen LogP contribution in [0.15, 0.2) is 71.9 Å². The fourth-order valence-corrected chi connectivity index (χ4v) is 4.82. The van der Waals surface area contributed by atoms with Gasteiger partial charge in [-0.15, -0.1) is 0 Å². The van der Waals surface area contributed by atoms with Gasteiger partial charge >= 0.3 is 6.18 Å². The zero-order chi connectivity index (χ0) is 27.0. The minimum atomic E-state index is -4.43. The largest absolute Gasteiger partial charge is 0.416 e.